The van der Waals surface area contributed by atoms with Crippen molar-refractivity contribution >= 4 is 11.4 Å². The molecule has 21 heavy (non-hydrogen) atoms. The van der Waals surface area contributed by atoms with Crippen LogP contribution in [0.5, 0.6) is 0 Å². The summed E-state index contributed by atoms with van der Waals surface area (Å²) in [5, 5.41) is 12.1. The second-order valence-electron chi connectivity index (χ2n) is 5.97. The van der Waals surface area contributed by atoms with Gasteiger partial charge in [0.1, 0.15) is 5.82 Å². The molecule has 2 aromatic rings. The van der Waals surface area contributed by atoms with Gasteiger partial charge in [-0.3, -0.25) is 4.79 Å². The molecule has 1 aliphatic carbocycles. The van der Waals surface area contributed by atoms with Gasteiger partial charge in [-0.2, -0.15) is 0 Å². The number of imidazole rings is 1. The lowest BCUT2D eigenvalue weighted by Crippen LogP contribution is -2.38. The number of carbonyl (C=O) groups is 1. The third kappa shape index (κ3) is 2.65. The van der Waals surface area contributed by atoms with Crippen LogP contribution in [-0.2, 0) is 0 Å². The fourth-order valence-electron chi connectivity index (χ4n) is 2.43. The molecule has 2 aromatic heterocycles. The van der Waals surface area contributed by atoms with E-state index in [1.165, 1.54) is 0 Å². The number of fused-ring (bicyclic) bond motifs is 1. The summed E-state index contributed by atoms with van der Waals surface area (Å²) in [5.41, 5.74) is 1.33. The van der Waals surface area contributed by atoms with Crippen LogP contribution in [0.3, 0.4) is 0 Å². The molecule has 0 aromatic carbocycles. The summed E-state index contributed by atoms with van der Waals surface area (Å²) in [6.45, 7) is 3.86. The van der Waals surface area contributed by atoms with E-state index in [1.807, 2.05) is 42.6 Å². The highest BCUT2D eigenvalue weighted by atomic mass is 16.3. The van der Waals surface area contributed by atoms with Gasteiger partial charge < -0.3 is 14.8 Å². The monoisotopic (exact) mass is 287 g/mol. The number of pyridine rings is 1. The Bertz CT molecular complexity index is 661. The Morgan fingerprint density at radius 1 is 1.48 bits per heavy atom. The third-order valence-corrected chi connectivity index (χ3v) is 4.23. The van der Waals surface area contributed by atoms with E-state index in [0.717, 1.165) is 24.2 Å². The lowest BCUT2D eigenvalue weighted by Gasteiger charge is -2.18. The Hall–Kier alpha value is -1.88. The third-order valence-electron chi connectivity index (χ3n) is 4.23. The maximum Gasteiger partial charge on any atom is 0.272 e. The summed E-state index contributed by atoms with van der Waals surface area (Å²) in [6, 6.07) is 5.71. The zero-order chi connectivity index (χ0) is 15.0. The fourth-order valence-corrected chi connectivity index (χ4v) is 2.43. The molecule has 1 aliphatic rings. The summed E-state index contributed by atoms with van der Waals surface area (Å²) in [7, 11) is 0. The lowest BCUT2D eigenvalue weighted by atomic mass is 10.1. The fraction of sp³-hybridized carbons (Fsp3) is 0.500. The number of aliphatic hydroxyl groups excluding tert-OH is 1. The molecule has 1 amide bonds. The predicted octanol–water partition coefficient (Wildman–Crippen LogP) is 1.96. The van der Waals surface area contributed by atoms with Crippen LogP contribution in [0.4, 0.5) is 0 Å². The Kier molecular flexibility index (Phi) is 3.68. The Balaban J connectivity index is 1.91. The van der Waals surface area contributed by atoms with Crippen molar-refractivity contribution in [2.24, 2.45) is 5.92 Å². The second-order valence-corrected chi connectivity index (χ2v) is 5.97. The van der Waals surface area contributed by atoms with Crippen molar-refractivity contribution < 1.29 is 9.90 Å². The number of hydrogen-bond acceptors (Lipinski definition) is 3. The predicted molar refractivity (Wildman–Crippen MR) is 80.3 cm³/mol. The minimum absolute atomic E-state index is 0.0192. The van der Waals surface area contributed by atoms with Crippen molar-refractivity contribution in [1.82, 2.24) is 14.7 Å². The van der Waals surface area contributed by atoms with Crippen LogP contribution < -0.4 is 5.32 Å². The normalized spacial score (nSPS) is 17.7. The van der Waals surface area contributed by atoms with Crippen molar-refractivity contribution in [2.75, 3.05) is 6.61 Å². The number of hydrogen-bond donors (Lipinski definition) is 2. The Morgan fingerprint density at radius 3 is 2.90 bits per heavy atom. The molecule has 2 unspecified atom stereocenters. The molecule has 2 N–H and O–H groups in total. The van der Waals surface area contributed by atoms with Crippen LogP contribution in [-0.4, -0.2) is 33.0 Å². The number of nitrogens with one attached hydrogen (secondary N) is 1. The molecular weight excluding hydrogens is 266 g/mol. The number of aromatic nitrogens is 2. The van der Waals surface area contributed by atoms with E-state index in [4.69, 9.17) is 0 Å². The van der Waals surface area contributed by atoms with Gasteiger partial charge in [-0.15, -0.1) is 0 Å². The largest absolute Gasteiger partial charge is 0.396 e. The van der Waals surface area contributed by atoms with Gasteiger partial charge in [-0.1, -0.05) is 13.0 Å². The molecule has 0 saturated heterocycles. The first-order valence-electron chi connectivity index (χ1n) is 7.50. The highest BCUT2D eigenvalue weighted by Crippen LogP contribution is 2.39. The smallest absolute Gasteiger partial charge is 0.272 e. The van der Waals surface area contributed by atoms with Gasteiger partial charge in [0.05, 0.1) is 5.52 Å². The summed E-state index contributed by atoms with van der Waals surface area (Å²) in [4.78, 5) is 17.1. The molecule has 0 aliphatic heterocycles. The van der Waals surface area contributed by atoms with Crippen molar-refractivity contribution in [1.29, 1.82) is 0 Å². The topological polar surface area (TPSA) is 66.6 Å². The SMILES string of the molecule is CC(CO)C(C)NC(=O)c1nc(C2CC2)n2ccccc12. The molecule has 1 fully saturated rings. The molecule has 112 valence electrons. The van der Waals surface area contributed by atoms with Crippen molar-refractivity contribution in [3.63, 3.8) is 0 Å². The van der Waals surface area contributed by atoms with Crippen molar-refractivity contribution in [3.8, 4) is 0 Å². The molecule has 0 radical (unpaired) electrons. The van der Waals surface area contributed by atoms with Crippen LogP contribution in [0.25, 0.3) is 5.52 Å². The number of aliphatic hydroxyl groups is 1. The van der Waals surface area contributed by atoms with Gasteiger partial charge in [0.2, 0.25) is 0 Å². The molecule has 0 spiro atoms. The van der Waals surface area contributed by atoms with E-state index in [-0.39, 0.29) is 24.5 Å². The number of amides is 1. The van der Waals surface area contributed by atoms with Crippen LogP contribution in [0, 0.1) is 5.92 Å². The highest BCUT2D eigenvalue weighted by molar-refractivity contribution is 5.99. The van der Waals surface area contributed by atoms with Gasteiger partial charge in [-0.25, -0.2) is 4.98 Å². The summed E-state index contributed by atoms with van der Waals surface area (Å²) in [6.07, 6.45) is 4.26. The van der Waals surface area contributed by atoms with Crippen molar-refractivity contribution in [2.45, 2.75) is 38.6 Å². The summed E-state index contributed by atoms with van der Waals surface area (Å²) in [5.74, 6) is 1.32. The van der Waals surface area contributed by atoms with E-state index >= 15 is 0 Å². The molecular formula is C16H21N3O2. The molecule has 2 heterocycles. The first-order chi connectivity index (χ1) is 10.1. The zero-order valence-electron chi connectivity index (χ0n) is 12.4. The number of nitrogens with zero attached hydrogens (tertiary/aromatic N) is 2. The molecule has 0 bridgehead atoms. The standard InChI is InChI=1S/C16H21N3O2/c1-10(9-20)11(2)17-16(21)14-13-5-3-4-8-19(13)15(18-14)12-6-7-12/h3-5,8,10-12,20H,6-7,9H2,1-2H3,(H,17,21). The molecule has 5 heteroatoms. The van der Waals surface area contributed by atoms with Crippen LogP contribution >= 0.6 is 0 Å². The second kappa shape index (κ2) is 5.48. The Morgan fingerprint density at radius 2 is 2.24 bits per heavy atom. The van der Waals surface area contributed by atoms with Crippen molar-refractivity contribution in [3.05, 3.63) is 35.9 Å². The average molecular weight is 287 g/mol. The Labute approximate surface area is 124 Å². The molecule has 3 rings (SSSR count). The zero-order valence-corrected chi connectivity index (χ0v) is 12.4. The minimum Gasteiger partial charge on any atom is -0.396 e. The van der Waals surface area contributed by atoms with Crippen LogP contribution in [0.1, 0.15) is 48.9 Å². The van der Waals surface area contributed by atoms with E-state index in [2.05, 4.69) is 10.3 Å². The first-order valence-corrected chi connectivity index (χ1v) is 7.50. The van der Waals surface area contributed by atoms with E-state index in [0.29, 0.717) is 11.6 Å². The quantitative estimate of drug-likeness (QED) is 0.883. The van der Waals surface area contributed by atoms with E-state index in [1.54, 1.807) is 0 Å². The average Bonchev–Trinajstić information content (AvgIpc) is 3.26. The van der Waals surface area contributed by atoms with Gasteiger partial charge in [0, 0.05) is 24.8 Å². The maximum absolute atomic E-state index is 12.5. The van der Waals surface area contributed by atoms with Gasteiger partial charge in [-0.05, 0) is 37.8 Å². The molecule has 5 nitrogen and oxygen atoms in total. The van der Waals surface area contributed by atoms with Gasteiger partial charge in [0.15, 0.2) is 5.69 Å². The number of carbonyl (C=O) groups excluding carboxylic acids is 1. The summed E-state index contributed by atoms with van der Waals surface area (Å²) < 4.78 is 2.02. The van der Waals surface area contributed by atoms with Crippen LogP contribution in [0.15, 0.2) is 24.4 Å². The van der Waals surface area contributed by atoms with Gasteiger partial charge in [0.25, 0.3) is 5.91 Å². The summed E-state index contributed by atoms with van der Waals surface area (Å²) >= 11 is 0. The molecule has 2 atom stereocenters. The van der Waals surface area contributed by atoms with E-state index < -0.39 is 0 Å². The number of rotatable bonds is 5. The minimum atomic E-state index is -0.168. The highest BCUT2D eigenvalue weighted by Gasteiger charge is 2.30. The molecule has 1 saturated carbocycles. The van der Waals surface area contributed by atoms with Gasteiger partial charge >= 0.3 is 0 Å². The lowest BCUT2D eigenvalue weighted by molar-refractivity contribution is 0.0913. The van der Waals surface area contributed by atoms with E-state index in [9.17, 15) is 9.90 Å². The first kappa shape index (κ1) is 14.1. The maximum atomic E-state index is 12.5. The van der Waals surface area contributed by atoms with Crippen LogP contribution in [0.2, 0.25) is 0 Å².